The molecule has 1 atom stereocenters. The van der Waals surface area contributed by atoms with Crippen LogP contribution in [0.5, 0.6) is 5.75 Å². The monoisotopic (exact) mass is 286 g/mol. The highest BCUT2D eigenvalue weighted by Crippen LogP contribution is 2.56. The van der Waals surface area contributed by atoms with Gasteiger partial charge in [-0.15, -0.1) is 4.40 Å². The van der Waals surface area contributed by atoms with Gasteiger partial charge in [0.05, 0.1) is 5.69 Å². The molecule has 19 heavy (non-hydrogen) atoms. The van der Waals surface area contributed by atoms with E-state index in [0.717, 1.165) is 0 Å². The molecule has 0 radical (unpaired) electrons. The molecular formula is C11H14N2O5S. The van der Waals surface area contributed by atoms with Crippen LogP contribution in [0.15, 0.2) is 27.5 Å². The predicted molar refractivity (Wildman–Crippen MR) is 71.7 cm³/mol. The smallest absolute Gasteiger partial charge is 0.314 e. The van der Waals surface area contributed by atoms with Gasteiger partial charge in [0.2, 0.25) is 0 Å². The number of nitrogens with zero attached hydrogens (tertiary/aromatic N) is 1. The predicted octanol–water partition coefficient (Wildman–Crippen LogP) is 2.35. The minimum absolute atomic E-state index is 0.00758. The molecule has 0 saturated carbocycles. The van der Waals surface area contributed by atoms with Crippen molar-refractivity contribution in [1.29, 1.82) is 0 Å². The van der Waals surface area contributed by atoms with Crippen molar-refractivity contribution < 1.29 is 24.1 Å². The van der Waals surface area contributed by atoms with Crippen LogP contribution in [0.2, 0.25) is 0 Å². The van der Waals surface area contributed by atoms with Crippen LogP contribution in [0.25, 0.3) is 0 Å². The van der Waals surface area contributed by atoms with E-state index in [2.05, 4.69) is 9.71 Å². The minimum atomic E-state index is -3.50. The first-order chi connectivity index (χ1) is 8.85. The number of anilines is 1. The third-order valence-electron chi connectivity index (χ3n) is 2.79. The fourth-order valence-corrected chi connectivity index (χ4v) is 3.06. The summed E-state index contributed by atoms with van der Waals surface area (Å²) in [5, 5.41) is 21.2. The molecule has 1 heterocycles. The normalized spacial score (nSPS) is 19.6. The second-order valence-corrected chi connectivity index (χ2v) is 5.76. The van der Waals surface area contributed by atoms with Crippen LogP contribution in [0.4, 0.5) is 5.69 Å². The zero-order chi connectivity index (χ0) is 14.2. The third kappa shape index (κ3) is 2.50. The molecule has 0 saturated heterocycles. The van der Waals surface area contributed by atoms with Crippen LogP contribution < -0.4 is 5.32 Å². The summed E-state index contributed by atoms with van der Waals surface area (Å²) >= 11 is 0. The molecule has 0 aromatic heterocycles. The molecule has 0 aliphatic carbocycles. The summed E-state index contributed by atoms with van der Waals surface area (Å²) in [5.41, 5.74) is 0.336. The van der Waals surface area contributed by atoms with Crippen molar-refractivity contribution in [2.75, 3.05) is 5.32 Å². The zero-order valence-electron chi connectivity index (χ0n) is 10.1. The topological polar surface area (TPSA) is 122 Å². The molecule has 7 nitrogen and oxygen atoms in total. The second-order valence-electron chi connectivity index (χ2n) is 4.10. The van der Waals surface area contributed by atoms with E-state index in [0.29, 0.717) is 5.69 Å². The number of phenols is 1. The number of hydrogen-bond donors (Lipinski definition) is 5. The molecule has 104 valence electrons. The van der Waals surface area contributed by atoms with E-state index in [1.54, 1.807) is 6.92 Å². The van der Waals surface area contributed by atoms with Gasteiger partial charge in [-0.1, -0.05) is 17.7 Å². The van der Waals surface area contributed by atoms with Gasteiger partial charge in [-0.2, -0.15) is 0 Å². The van der Waals surface area contributed by atoms with Gasteiger partial charge in [0.1, 0.15) is 22.4 Å². The van der Waals surface area contributed by atoms with Crippen LogP contribution in [0.1, 0.15) is 13.3 Å². The first-order valence-electron chi connectivity index (χ1n) is 5.56. The molecule has 0 fully saturated rings. The molecule has 2 rings (SSSR count). The van der Waals surface area contributed by atoms with Gasteiger partial charge in [0.15, 0.2) is 0 Å². The maximum absolute atomic E-state index is 11.1. The van der Waals surface area contributed by atoms with Crippen LogP contribution in [0, 0.1) is 5.92 Å². The largest absolute Gasteiger partial charge is 0.508 e. The van der Waals surface area contributed by atoms with Gasteiger partial charge in [-0.3, -0.25) is 13.9 Å². The number of rotatable bonds is 3. The quantitative estimate of drug-likeness (QED) is 0.544. The number of aliphatic carboxylic acids is 1. The number of benzene rings is 1. The summed E-state index contributed by atoms with van der Waals surface area (Å²) in [5.74, 6) is -2.14. The van der Waals surface area contributed by atoms with Crippen molar-refractivity contribution in [1.82, 2.24) is 0 Å². The fraction of sp³-hybridized carbons (Fsp3) is 0.273. The Morgan fingerprint density at radius 2 is 2.16 bits per heavy atom. The van der Waals surface area contributed by atoms with Gasteiger partial charge in [0, 0.05) is 6.07 Å². The molecule has 0 bridgehead atoms. The lowest BCUT2D eigenvalue weighted by Gasteiger charge is -2.35. The molecule has 1 unspecified atom stereocenters. The maximum atomic E-state index is 11.1. The van der Waals surface area contributed by atoms with Gasteiger partial charge >= 0.3 is 5.97 Å². The number of carboxylic acid groups (broad SMARTS) is 1. The van der Waals surface area contributed by atoms with E-state index >= 15 is 0 Å². The standard InChI is InChI=1S/C11H14N2O5S/c1-2-7(11(15)16)10-12-8-4-3-6(14)5-9(8)19(17,18)13-10/h3-5,7,14,17-18H,2H2,1H3,(H,12,13)(H,15,16). The average molecular weight is 286 g/mol. The van der Waals surface area contributed by atoms with Crippen molar-refractivity contribution in [3.8, 4) is 5.75 Å². The third-order valence-corrected chi connectivity index (χ3v) is 4.16. The van der Waals surface area contributed by atoms with Gasteiger partial charge < -0.3 is 15.5 Å². The lowest BCUT2D eigenvalue weighted by Crippen LogP contribution is -2.32. The van der Waals surface area contributed by atoms with Crippen LogP contribution in [0.3, 0.4) is 0 Å². The summed E-state index contributed by atoms with van der Waals surface area (Å²) in [6.45, 7) is 1.67. The summed E-state index contributed by atoms with van der Waals surface area (Å²) < 4.78 is 23.6. The van der Waals surface area contributed by atoms with Crippen molar-refractivity contribution in [2.24, 2.45) is 10.3 Å². The van der Waals surface area contributed by atoms with E-state index < -0.39 is 22.7 Å². The highest BCUT2D eigenvalue weighted by Gasteiger charge is 2.32. The number of nitrogens with one attached hydrogen (secondary N) is 1. The van der Waals surface area contributed by atoms with E-state index in [-0.39, 0.29) is 22.9 Å². The molecule has 1 aliphatic rings. The fourth-order valence-electron chi connectivity index (χ4n) is 1.82. The van der Waals surface area contributed by atoms with E-state index in [9.17, 15) is 19.0 Å². The SMILES string of the molecule is CCC(C(=O)O)C1=NS(O)(O)c2cc(O)ccc2N1. The highest BCUT2D eigenvalue weighted by molar-refractivity contribution is 8.23. The van der Waals surface area contributed by atoms with Crippen molar-refractivity contribution in [3.05, 3.63) is 18.2 Å². The number of fused-ring (bicyclic) bond motifs is 1. The molecule has 0 amide bonds. The lowest BCUT2D eigenvalue weighted by atomic mass is 10.1. The molecule has 1 aromatic rings. The van der Waals surface area contributed by atoms with E-state index in [4.69, 9.17) is 5.11 Å². The Morgan fingerprint density at radius 3 is 2.74 bits per heavy atom. The number of carbonyl (C=O) groups is 1. The molecule has 1 aromatic carbocycles. The Balaban J connectivity index is 2.47. The first kappa shape index (κ1) is 13.7. The van der Waals surface area contributed by atoms with E-state index in [1.807, 2.05) is 0 Å². The highest BCUT2D eigenvalue weighted by atomic mass is 32.3. The van der Waals surface area contributed by atoms with Gasteiger partial charge in [0.25, 0.3) is 0 Å². The average Bonchev–Trinajstić information content (AvgIpc) is 2.30. The zero-order valence-corrected chi connectivity index (χ0v) is 10.9. The molecule has 5 N–H and O–H groups in total. The Hall–Kier alpha value is -1.77. The molecular weight excluding hydrogens is 272 g/mol. The molecule has 0 spiro atoms. The summed E-state index contributed by atoms with van der Waals surface area (Å²) in [4.78, 5) is 11.1. The number of amidine groups is 1. The number of carboxylic acids is 1. The van der Waals surface area contributed by atoms with Gasteiger partial charge in [-0.25, -0.2) is 0 Å². The van der Waals surface area contributed by atoms with Crippen molar-refractivity contribution in [2.45, 2.75) is 18.2 Å². The molecule has 8 heteroatoms. The Bertz CT molecular complexity index is 558. The molecule has 1 aliphatic heterocycles. The van der Waals surface area contributed by atoms with Crippen molar-refractivity contribution in [3.63, 3.8) is 0 Å². The van der Waals surface area contributed by atoms with Crippen LogP contribution >= 0.6 is 10.8 Å². The Kier molecular flexibility index (Phi) is 3.40. The Labute approximate surface area is 111 Å². The second kappa shape index (κ2) is 4.72. The summed E-state index contributed by atoms with van der Waals surface area (Å²) in [7, 11) is -3.50. The van der Waals surface area contributed by atoms with Crippen LogP contribution in [-0.4, -0.2) is 31.1 Å². The lowest BCUT2D eigenvalue weighted by molar-refractivity contribution is -0.139. The van der Waals surface area contributed by atoms with Crippen molar-refractivity contribution >= 4 is 28.3 Å². The Morgan fingerprint density at radius 1 is 1.47 bits per heavy atom. The first-order valence-corrected chi connectivity index (χ1v) is 7.06. The summed E-state index contributed by atoms with van der Waals surface area (Å²) in [6.07, 6.45) is 0.268. The van der Waals surface area contributed by atoms with Gasteiger partial charge in [-0.05, 0) is 18.6 Å². The number of aromatic hydroxyl groups is 1. The number of phenolic OH excluding ortho intramolecular Hbond substituents is 1. The number of hydrogen-bond acceptors (Lipinski definition) is 6. The maximum Gasteiger partial charge on any atom is 0.314 e. The van der Waals surface area contributed by atoms with E-state index in [1.165, 1.54) is 18.2 Å². The summed E-state index contributed by atoms with van der Waals surface area (Å²) in [6, 6.07) is 4.01. The minimum Gasteiger partial charge on any atom is -0.508 e. The van der Waals surface area contributed by atoms with Crippen LogP contribution in [-0.2, 0) is 4.79 Å².